The van der Waals surface area contributed by atoms with Crippen molar-refractivity contribution in [1.82, 2.24) is 9.97 Å². The van der Waals surface area contributed by atoms with E-state index in [1.165, 1.54) is 18.3 Å². The average molecular weight is 335 g/mol. The van der Waals surface area contributed by atoms with Crippen LogP contribution in [0.2, 0.25) is 0 Å². The molecule has 24 heavy (non-hydrogen) atoms. The first-order chi connectivity index (χ1) is 11.3. The summed E-state index contributed by atoms with van der Waals surface area (Å²) >= 11 is 0. The van der Waals surface area contributed by atoms with Gasteiger partial charge in [0.25, 0.3) is 0 Å². The van der Waals surface area contributed by atoms with Crippen molar-refractivity contribution in [2.45, 2.75) is 32.4 Å². The molecule has 1 saturated carbocycles. The Bertz CT molecular complexity index is 770. The van der Waals surface area contributed by atoms with Gasteiger partial charge in [0.2, 0.25) is 5.91 Å². The van der Waals surface area contributed by atoms with Crippen LogP contribution in [0.3, 0.4) is 0 Å². The lowest BCUT2D eigenvalue weighted by Crippen LogP contribution is -2.29. The van der Waals surface area contributed by atoms with Gasteiger partial charge in [-0.2, -0.15) is 13.2 Å². The molecule has 0 spiro atoms. The fourth-order valence-electron chi connectivity index (χ4n) is 2.54. The number of hydrogen-bond acceptors (Lipinski definition) is 3. The van der Waals surface area contributed by atoms with Gasteiger partial charge in [-0.3, -0.25) is 9.78 Å². The average Bonchev–Trinajstić information content (AvgIpc) is 2.44. The van der Waals surface area contributed by atoms with Gasteiger partial charge in [-0.15, -0.1) is 0 Å². The fourth-order valence-corrected chi connectivity index (χ4v) is 2.54. The minimum absolute atomic E-state index is 0.167. The quantitative estimate of drug-likeness (QED) is 0.914. The summed E-state index contributed by atoms with van der Waals surface area (Å²) in [6.45, 7) is 1.80. The summed E-state index contributed by atoms with van der Waals surface area (Å²) in [5.74, 6) is -0.578. The van der Waals surface area contributed by atoms with E-state index in [4.69, 9.17) is 0 Å². The summed E-state index contributed by atoms with van der Waals surface area (Å²) in [5, 5.41) is 2.37. The second kappa shape index (κ2) is 6.22. The zero-order chi connectivity index (χ0) is 17.3. The molecule has 0 radical (unpaired) electrons. The summed E-state index contributed by atoms with van der Waals surface area (Å²) in [6, 6.07) is 4.42. The highest BCUT2D eigenvalue weighted by Gasteiger charge is 2.37. The van der Waals surface area contributed by atoms with Crippen molar-refractivity contribution in [3.8, 4) is 11.3 Å². The molecule has 0 unspecified atom stereocenters. The summed E-state index contributed by atoms with van der Waals surface area (Å²) in [4.78, 5) is 19.7. The number of hydrogen-bond donors (Lipinski definition) is 1. The van der Waals surface area contributed by atoms with Crippen molar-refractivity contribution < 1.29 is 18.0 Å². The minimum Gasteiger partial charge on any atom is -0.324 e. The van der Waals surface area contributed by atoms with E-state index in [0.29, 0.717) is 18.4 Å². The molecule has 7 heteroatoms. The van der Waals surface area contributed by atoms with Crippen molar-refractivity contribution in [3.63, 3.8) is 0 Å². The molecular weight excluding hydrogens is 319 g/mol. The Morgan fingerprint density at radius 1 is 1.25 bits per heavy atom. The van der Waals surface area contributed by atoms with E-state index in [0.717, 1.165) is 12.0 Å². The molecular formula is C17H16F3N3O. The molecule has 1 aliphatic carbocycles. The molecule has 2 aromatic heterocycles. The van der Waals surface area contributed by atoms with Crippen LogP contribution in [-0.2, 0) is 11.0 Å². The Morgan fingerprint density at radius 2 is 2.00 bits per heavy atom. The number of halogens is 3. The zero-order valence-corrected chi connectivity index (χ0v) is 13.0. The molecule has 1 N–H and O–H groups in total. The van der Waals surface area contributed by atoms with Crippen LogP contribution in [0.25, 0.3) is 11.3 Å². The first kappa shape index (κ1) is 16.4. The van der Waals surface area contributed by atoms with Gasteiger partial charge in [0.15, 0.2) is 5.69 Å². The Morgan fingerprint density at radius 3 is 2.58 bits per heavy atom. The molecule has 4 nitrogen and oxygen atoms in total. The van der Waals surface area contributed by atoms with Crippen LogP contribution in [-0.4, -0.2) is 15.9 Å². The number of carbonyl (C=O) groups excluding carboxylic acids is 1. The zero-order valence-electron chi connectivity index (χ0n) is 13.0. The van der Waals surface area contributed by atoms with Crippen LogP contribution in [0, 0.1) is 12.8 Å². The van der Waals surface area contributed by atoms with Crippen molar-refractivity contribution in [3.05, 3.63) is 41.9 Å². The Balaban J connectivity index is 1.96. The number of rotatable bonds is 3. The van der Waals surface area contributed by atoms with Gasteiger partial charge in [-0.1, -0.05) is 6.42 Å². The van der Waals surface area contributed by atoms with E-state index in [1.807, 2.05) is 0 Å². The molecule has 0 bridgehead atoms. The number of amides is 1. The molecule has 126 valence electrons. The highest BCUT2D eigenvalue weighted by Crippen LogP contribution is 2.36. The number of anilines is 1. The van der Waals surface area contributed by atoms with Crippen molar-refractivity contribution in [1.29, 1.82) is 0 Å². The Kier molecular flexibility index (Phi) is 4.26. The van der Waals surface area contributed by atoms with Gasteiger partial charge >= 0.3 is 6.18 Å². The largest absolute Gasteiger partial charge is 0.435 e. The van der Waals surface area contributed by atoms with Gasteiger partial charge in [0.1, 0.15) is 0 Å². The van der Waals surface area contributed by atoms with E-state index < -0.39 is 11.9 Å². The van der Waals surface area contributed by atoms with Crippen LogP contribution >= 0.6 is 0 Å². The minimum atomic E-state index is -4.66. The summed E-state index contributed by atoms with van der Waals surface area (Å²) in [5.41, 5.74) is 0.0979. The summed E-state index contributed by atoms with van der Waals surface area (Å²) in [6.07, 6.45) is 0.780. The molecule has 0 atom stereocenters. The van der Waals surface area contributed by atoms with Gasteiger partial charge in [0.05, 0.1) is 11.4 Å². The van der Waals surface area contributed by atoms with Gasteiger partial charge in [-0.05, 0) is 43.5 Å². The van der Waals surface area contributed by atoms with E-state index in [9.17, 15) is 18.0 Å². The van der Waals surface area contributed by atoms with Crippen molar-refractivity contribution in [2.75, 3.05) is 5.32 Å². The maximum absolute atomic E-state index is 13.3. The number of aromatic nitrogens is 2. The van der Waals surface area contributed by atoms with Gasteiger partial charge in [0, 0.05) is 23.9 Å². The van der Waals surface area contributed by atoms with E-state index in [1.54, 1.807) is 19.2 Å². The number of carbonyl (C=O) groups is 1. The van der Waals surface area contributed by atoms with E-state index in [-0.39, 0.29) is 23.2 Å². The number of nitrogens with one attached hydrogen (secondary N) is 1. The SMILES string of the molecule is Cc1cncc(-c2ccc(NC(=O)C3CCC3)c(C(F)(F)F)n2)c1. The molecule has 1 aliphatic rings. The standard InChI is InChI=1S/C17H16F3N3O/c1-10-7-12(9-21-8-10)13-5-6-14(15(22-13)17(18,19)20)23-16(24)11-3-2-4-11/h5-9,11H,2-4H2,1H3,(H,23,24). The fraction of sp³-hybridized carbons (Fsp3) is 0.353. The lowest BCUT2D eigenvalue weighted by molar-refractivity contribution is -0.140. The van der Waals surface area contributed by atoms with Crippen molar-refractivity contribution >= 4 is 11.6 Å². The predicted octanol–water partition coefficient (Wildman–Crippen LogP) is 4.21. The second-order valence-electron chi connectivity index (χ2n) is 5.96. The number of alkyl halides is 3. The van der Waals surface area contributed by atoms with Crippen LogP contribution in [0.1, 0.15) is 30.5 Å². The molecule has 2 aromatic rings. The molecule has 3 rings (SSSR count). The molecule has 0 saturated heterocycles. The Hall–Kier alpha value is -2.44. The lowest BCUT2D eigenvalue weighted by Gasteiger charge is -2.24. The summed E-state index contributed by atoms with van der Waals surface area (Å²) < 4.78 is 40.0. The highest BCUT2D eigenvalue weighted by molar-refractivity contribution is 5.93. The van der Waals surface area contributed by atoms with Crippen LogP contribution in [0.4, 0.5) is 18.9 Å². The first-order valence-corrected chi connectivity index (χ1v) is 7.66. The predicted molar refractivity (Wildman–Crippen MR) is 83.2 cm³/mol. The maximum Gasteiger partial charge on any atom is 0.435 e. The smallest absolute Gasteiger partial charge is 0.324 e. The van der Waals surface area contributed by atoms with Gasteiger partial charge in [-0.25, -0.2) is 4.98 Å². The molecule has 0 aromatic carbocycles. The molecule has 1 amide bonds. The third kappa shape index (κ3) is 3.39. The third-order valence-electron chi connectivity index (χ3n) is 4.07. The maximum atomic E-state index is 13.3. The molecule has 0 aliphatic heterocycles. The van der Waals surface area contributed by atoms with E-state index in [2.05, 4.69) is 15.3 Å². The van der Waals surface area contributed by atoms with Gasteiger partial charge < -0.3 is 5.32 Å². The highest BCUT2D eigenvalue weighted by atomic mass is 19.4. The second-order valence-corrected chi connectivity index (χ2v) is 5.96. The summed E-state index contributed by atoms with van der Waals surface area (Å²) in [7, 11) is 0. The third-order valence-corrected chi connectivity index (χ3v) is 4.07. The van der Waals surface area contributed by atoms with Crippen LogP contribution in [0.15, 0.2) is 30.6 Å². The Labute approximate surface area is 137 Å². The number of nitrogens with zero attached hydrogens (tertiary/aromatic N) is 2. The lowest BCUT2D eigenvalue weighted by atomic mass is 9.85. The normalized spacial score (nSPS) is 15.0. The topological polar surface area (TPSA) is 54.9 Å². The monoisotopic (exact) mass is 335 g/mol. The molecule has 2 heterocycles. The van der Waals surface area contributed by atoms with Crippen LogP contribution < -0.4 is 5.32 Å². The number of pyridine rings is 2. The first-order valence-electron chi connectivity index (χ1n) is 7.66. The molecule has 1 fully saturated rings. The van der Waals surface area contributed by atoms with E-state index >= 15 is 0 Å². The van der Waals surface area contributed by atoms with Crippen LogP contribution in [0.5, 0.6) is 0 Å². The number of aryl methyl sites for hydroxylation is 1. The van der Waals surface area contributed by atoms with Crippen molar-refractivity contribution in [2.24, 2.45) is 5.92 Å².